The summed E-state index contributed by atoms with van der Waals surface area (Å²) in [6, 6.07) is 0. The van der Waals surface area contributed by atoms with E-state index in [9.17, 15) is 9.46 Å². The van der Waals surface area contributed by atoms with Crippen LogP contribution in [0.5, 0.6) is 0 Å². The molecule has 214 valence electrons. The predicted octanol–water partition coefficient (Wildman–Crippen LogP) is 6.15. The highest BCUT2D eigenvalue weighted by Gasteiger charge is 2.23. The molecule has 0 rings (SSSR count). The number of hydrogen-bond donors (Lipinski definition) is 1. The Balaban J connectivity index is 0. The van der Waals surface area contributed by atoms with Crippen LogP contribution in [0.1, 0.15) is 110 Å². The maximum atomic E-state index is 11.9. The number of unbranched alkanes of at least 4 members (excludes halogenated alkanes) is 15. The normalized spacial score (nSPS) is 14.1. The highest BCUT2D eigenvalue weighted by atomic mass is 31.2. The van der Waals surface area contributed by atoms with Crippen LogP contribution >= 0.6 is 7.82 Å². The van der Waals surface area contributed by atoms with Crippen LogP contribution in [-0.4, -0.2) is 75.6 Å². The summed E-state index contributed by atoms with van der Waals surface area (Å²) in [4.78, 5) is 11.6. The molecule has 0 aliphatic heterocycles. The minimum absolute atomic E-state index is 0. The lowest BCUT2D eigenvalue weighted by molar-refractivity contribution is -0.0222. The van der Waals surface area contributed by atoms with Crippen LogP contribution in [0.15, 0.2) is 0 Å². The Labute approximate surface area is 216 Å². The van der Waals surface area contributed by atoms with Gasteiger partial charge in [0, 0.05) is 20.3 Å². The number of phosphoric acid groups is 1. The first-order chi connectivity index (χ1) is 16.4. The third-order valence-corrected chi connectivity index (χ3v) is 6.98. The van der Waals surface area contributed by atoms with Gasteiger partial charge in [-0.3, -0.25) is 9.05 Å². The molecule has 0 saturated carbocycles. The fourth-order valence-corrected chi connectivity index (χ4v) is 4.45. The van der Waals surface area contributed by atoms with E-state index >= 15 is 0 Å². The fraction of sp³-hybridized carbons (Fsp3) is 1.00. The van der Waals surface area contributed by atoms with Crippen molar-refractivity contribution < 1.29 is 33.5 Å². The average Bonchev–Trinajstić information content (AvgIpc) is 2.79. The monoisotopic (exact) mass is 527 g/mol. The molecule has 0 aliphatic rings. The lowest BCUT2D eigenvalue weighted by Crippen LogP contribution is -2.24. The Morgan fingerprint density at radius 3 is 1.60 bits per heavy atom. The van der Waals surface area contributed by atoms with E-state index in [1.165, 1.54) is 96.3 Å². The Kier molecular flexibility index (Phi) is 28.6. The minimum Gasteiger partial charge on any atom is -0.412 e. The quantitative estimate of drug-likeness (QED) is 0.101. The number of nitrogens with zero attached hydrogens (tertiary/aromatic N) is 1. The zero-order valence-corrected chi connectivity index (χ0v) is 24.2. The van der Waals surface area contributed by atoms with E-state index in [2.05, 4.69) is 6.92 Å². The summed E-state index contributed by atoms with van der Waals surface area (Å²) in [5.74, 6) is 0. The van der Waals surface area contributed by atoms with Gasteiger partial charge in [0.25, 0.3) is 0 Å². The molecule has 0 bridgehead atoms. The van der Waals surface area contributed by atoms with Crippen LogP contribution in [-0.2, 0) is 23.1 Å². The smallest absolute Gasteiger partial charge is 0.412 e. The van der Waals surface area contributed by atoms with Gasteiger partial charge in [-0.25, -0.2) is 4.57 Å². The summed E-state index contributed by atoms with van der Waals surface area (Å²) in [5.41, 5.74) is 0. The van der Waals surface area contributed by atoms with E-state index in [0.717, 1.165) is 6.42 Å². The van der Waals surface area contributed by atoms with Gasteiger partial charge in [-0.15, -0.1) is 0 Å². The van der Waals surface area contributed by atoms with Crippen molar-refractivity contribution in [3.8, 4) is 0 Å². The summed E-state index contributed by atoms with van der Waals surface area (Å²) in [7, 11) is 1.22. The van der Waals surface area contributed by atoms with Gasteiger partial charge in [-0.2, -0.15) is 0 Å². The molecule has 0 aromatic rings. The summed E-state index contributed by atoms with van der Waals surface area (Å²) in [6.45, 7) is 3.93. The first kappa shape index (κ1) is 37.1. The molecule has 9 heteroatoms. The molecule has 0 saturated heterocycles. The standard InChI is InChI=1S/C26H56NO6P.H2O/c1-5-6-7-8-9-10-11-12-13-14-15-16-17-18-19-20-22-31-24-26(30-4)25-33-34(28,29)32-23-21-27(2)3;/h26H,5-25H2,1-4H3,(H,28,29);1H2. The molecule has 2 atom stereocenters. The second-order valence-corrected chi connectivity index (χ2v) is 11.1. The van der Waals surface area contributed by atoms with Gasteiger partial charge in [-0.1, -0.05) is 103 Å². The zero-order valence-electron chi connectivity index (χ0n) is 23.3. The second-order valence-electron chi connectivity index (χ2n) is 9.64. The largest absolute Gasteiger partial charge is 0.472 e. The van der Waals surface area contributed by atoms with Gasteiger partial charge < -0.3 is 24.7 Å². The molecule has 0 spiro atoms. The van der Waals surface area contributed by atoms with Gasteiger partial charge >= 0.3 is 7.82 Å². The Morgan fingerprint density at radius 1 is 0.714 bits per heavy atom. The number of ether oxygens (including phenoxy) is 2. The van der Waals surface area contributed by atoms with Crippen LogP contribution in [0.4, 0.5) is 0 Å². The molecular weight excluding hydrogens is 469 g/mol. The second kappa shape index (κ2) is 27.0. The molecule has 8 nitrogen and oxygen atoms in total. The van der Waals surface area contributed by atoms with E-state index in [1.807, 2.05) is 19.0 Å². The molecule has 2 unspecified atom stereocenters. The summed E-state index contributed by atoms with van der Waals surface area (Å²) in [6.07, 6.45) is 21.2. The number of likely N-dealkylation sites (N-methyl/N-ethyl adjacent to an activating group) is 1. The van der Waals surface area contributed by atoms with Crippen LogP contribution in [0.25, 0.3) is 0 Å². The van der Waals surface area contributed by atoms with Crippen molar-refractivity contribution in [3.63, 3.8) is 0 Å². The number of phosphoric ester groups is 1. The molecule has 0 aliphatic carbocycles. The number of hydrogen-bond acceptors (Lipinski definition) is 6. The van der Waals surface area contributed by atoms with E-state index in [1.54, 1.807) is 7.11 Å². The van der Waals surface area contributed by atoms with Crippen LogP contribution < -0.4 is 0 Å². The van der Waals surface area contributed by atoms with E-state index in [-0.39, 0.29) is 24.8 Å². The van der Waals surface area contributed by atoms with E-state index in [0.29, 0.717) is 19.8 Å². The van der Waals surface area contributed by atoms with Gasteiger partial charge in [0.2, 0.25) is 0 Å². The van der Waals surface area contributed by atoms with Gasteiger partial charge in [0.15, 0.2) is 0 Å². The molecule has 0 fully saturated rings. The lowest BCUT2D eigenvalue weighted by atomic mass is 10.0. The highest BCUT2D eigenvalue weighted by molar-refractivity contribution is 7.47. The summed E-state index contributed by atoms with van der Waals surface area (Å²) < 4.78 is 32.7. The topological polar surface area (TPSA) is 109 Å². The minimum atomic E-state index is -4.06. The molecule has 0 aromatic carbocycles. The van der Waals surface area contributed by atoms with Crippen molar-refractivity contribution in [2.24, 2.45) is 0 Å². The summed E-state index contributed by atoms with van der Waals surface area (Å²) in [5, 5.41) is 0. The lowest BCUT2D eigenvalue weighted by Gasteiger charge is -2.18. The van der Waals surface area contributed by atoms with Crippen molar-refractivity contribution in [3.05, 3.63) is 0 Å². The maximum Gasteiger partial charge on any atom is 0.472 e. The summed E-state index contributed by atoms with van der Waals surface area (Å²) >= 11 is 0. The predicted molar refractivity (Wildman–Crippen MR) is 145 cm³/mol. The van der Waals surface area contributed by atoms with E-state index < -0.39 is 7.82 Å². The van der Waals surface area contributed by atoms with E-state index in [4.69, 9.17) is 18.5 Å². The SMILES string of the molecule is CCCCCCCCCCCCCCCCCCOCC(COP(=O)(O)OCCN(C)C)OC.O. The Morgan fingerprint density at radius 2 is 1.17 bits per heavy atom. The molecule has 3 N–H and O–H groups in total. The highest BCUT2D eigenvalue weighted by Crippen LogP contribution is 2.43. The Bertz CT molecular complexity index is 469. The van der Waals surface area contributed by atoms with Crippen molar-refractivity contribution >= 4 is 7.82 Å². The van der Waals surface area contributed by atoms with Gasteiger partial charge in [0.05, 0.1) is 19.8 Å². The van der Waals surface area contributed by atoms with Gasteiger partial charge in [0.1, 0.15) is 6.10 Å². The van der Waals surface area contributed by atoms with Crippen LogP contribution in [0.3, 0.4) is 0 Å². The van der Waals surface area contributed by atoms with Crippen molar-refractivity contribution in [1.82, 2.24) is 4.90 Å². The average molecular weight is 528 g/mol. The van der Waals surface area contributed by atoms with Crippen molar-refractivity contribution in [1.29, 1.82) is 0 Å². The first-order valence-corrected chi connectivity index (χ1v) is 15.3. The van der Waals surface area contributed by atoms with Crippen molar-refractivity contribution in [2.75, 3.05) is 54.2 Å². The number of methoxy groups -OCH3 is 1. The Hall–Kier alpha value is -0.0500. The van der Waals surface area contributed by atoms with Crippen LogP contribution in [0.2, 0.25) is 0 Å². The van der Waals surface area contributed by atoms with Crippen LogP contribution in [0, 0.1) is 0 Å². The van der Waals surface area contributed by atoms with Crippen molar-refractivity contribution in [2.45, 2.75) is 116 Å². The number of rotatable bonds is 27. The molecule has 35 heavy (non-hydrogen) atoms. The first-order valence-electron chi connectivity index (χ1n) is 13.8. The maximum absolute atomic E-state index is 11.9. The third-order valence-electron chi connectivity index (χ3n) is 6.00. The molecule has 0 radical (unpaired) electrons. The molecular formula is C26H58NO7P. The molecule has 0 aromatic heterocycles. The third kappa shape index (κ3) is 28.4. The van der Waals surface area contributed by atoms with Gasteiger partial charge in [-0.05, 0) is 20.5 Å². The zero-order chi connectivity index (χ0) is 25.3. The fourth-order valence-electron chi connectivity index (χ4n) is 3.70. The molecule has 0 amide bonds. The molecule has 0 heterocycles.